The van der Waals surface area contributed by atoms with Crippen LogP contribution in [0, 0.1) is 0 Å². The molecule has 0 aliphatic heterocycles. The van der Waals surface area contributed by atoms with Gasteiger partial charge in [-0.3, -0.25) is 4.79 Å². The van der Waals surface area contributed by atoms with Gasteiger partial charge >= 0.3 is 5.97 Å². The summed E-state index contributed by atoms with van der Waals surface area (Å²) in [6, 6.07) is 4.34. The summed E-state index contributed by atoms with van der Waals surface area (Å²) in [5, 5.41) is 11.6. The smallest absolute Gasteiger partial charge is 0.337 e. The highest BCUT2D eigenvalue weighted by atomic mass is 16.5. The summed E-state index contributed by atoms with van der Waals surface area (Å²) >= 11 is 0. The Bertz CT molecular complexity index is 474. The van der Waals surface area contributed by atoms with E-state index in [1.807, 2.05) is 6.92 Å². The molecule has 1 aromatic carbocycles. The van der Waals surface area contributed by atoms with Crippen LogP contribution in [0.25, 0.3) is 0 Å². The molecule has 1 atom stereocenters. The van der Waals surface area contributed by atoms with Crippen LogP contribution in [-0.2, 0) is 9.53 Å². The Morgan fingerprint density at radius 3 is 2.74 bits per heavy atom. The Labute approximate surface area is 111 Å². The summed E-state index contributed by atoms with van der Waals surface area (Å²) in [5.74, 6) is -1.39. The van der Waals surface area contributed by atoms with Gasteiger partial charge in [-0.2, -0.15) is 0 Å². The molecule has 0 aromatic heterocycles. The molecule has 6 nitrogen and oxygen atoms in total. The molecule has 0 heterocycles. The van der Waals surface area contributed by atoms with E-state index >= 15 is 0 Å². The first-order valence-electron chi connectivity index (χ1n) is 5.89. The summed E-state index contributed by atoms with van der Waals surface area (Å²) in [4.78, 5) is 22.7. The average molecular weight is 266 g/mol. The minimum atomic E-state index is -1.13. The van der Waals surface area contributed by atoms with Crippen LogP contribution in [0.2, 0.25) is 0 Å². The molecule has 0 bridgehead atoms. The molecule has 0 saturated carbocycles. The van der Waals surface area contributed by atoms with Gasteiger partial charge in [-0.15, -0.1) is 0 Å². The molecule has 104 valence electrons. The molecule has 4 N–H and O–H groups in total. The predicted octanol–water partition coefficient (Wildman–Crippen LogP) is 1.72. The maximum atomic E-state index is 11.7. The Hall–Kier alpha value is -2.08. The molecule has 0 spiro atoms. The van der Waals surface area contributed by atoms with Gasteiger partial charge in [-0.05, 0) is 31.5 Å². The summed E-state index contributed by atoms with van der Waals surface area (Å²) in [6.45, 7) is 1.86. The van der Waals surface area contributed by atoms with Crippen LogP contribution in [0.3, 0.4) is 0 Å². The molecule has 1 unspecified atom stereocenters. The number of carbonyl (C=O) groups excluding carboxylic acids is 1. The summed E-state index contributed by atoms with van der Waals surface area (Å²) in [6.07, 6.45) is 0.814. The van der Waals surface area contributed by atoms with E-state index in [-0.39, 0.29) is 29.7 Å². The van der Waals surface area contributed by atoms with Crippen molar-refractivity contribution in [3.05, 3.63) is 23.8 Å². The molecule has 0 fully saturated rings. The van der Waals surface area contributed by atoms with Crippen LogP contribution >= 0.6 is 0 Å². The van der Waals surface area contributed by atoms with Crippen LogP contribution in [0.15, 0.2) is 18.2 Å². The number of carbonyl (C=O) groups is 2. The van der Waals surface area contributed by atoms with Crippen molar-refractivity contribution >= 4 is 23.3 Å². The first-order valence-corrected chi connectivity index (χ1v) is 5.89. The van der Waals surface area contributed by atoms with Crippen molar-refractivity contribution in [2.75, 3.05) is 18.2 Å². The molecular weight excluding hydrogens is 248 g/mol. The van der Waals surface area contributed by atoms with Crippen LogP contribution in [-0.4, -0.2) is 30.2 Å². The third kappa shape index (κ3) is 4.59. The number of nitrogen functional groups attached to an aromatic ring is 1. The highest BCUT2D eigenvalue weighted by molar-refractivity contribution is 6.01. The molecule has 1 aromatic rings. The van der Waals surface area contributed by atoms with Gasteiger partial charge in [0, 0.05) is 19.2 Å². The molecule has 0 aliphatic carbocycles. The number of anilines is 2. The number of benzene rings is 1. The second-order valence-electron chi connectivity index (χ2n) is 4.24. The van der Waals surface area contributed by atoms with Gasteiger partial charge in [-0.25, -0.2) is 4.79 Å². The predicted molar refractivity (Wildman–Crippen MR) is 72.1 cm³/mol. The number of carboxylic acid groups (broad SMARTS) is 1. The average Bonchev–Trinajstić information content (AvgIpc) is 2.37. The molecule has 0 saturated heterocycles. The summed E-state index contributed by atoms with van der Waals surface area (Å²) < 4.78 is 5.04. The Morgan fingerprint density at radius 1 is 1.47 bits per heavy atom. The van der Waals surface area contributed by atoms with E-state index in [0.717, 1.165) is 0 Å². The van der Waals surface area contributed by atoms with Crippen molar-refractivity contribution in [1.29, 1.82) is 0 Å². The number of methoxy groups -OCH3 is 1. The summed E-state index contributed by atoms with van der Waals surface area (Å²) in [5.41, 5.74) is 6.08. The zero-order chi connectivity index (χ0) is 14.4. The molecular formula is C13H18N2O4. The molecule has 0 radical (unpaired) electrons. The fourth-order valence-electron chi connectivity index (χ4n) is 1.51. The van der Waals surface area contributed by atoms with Crippen molar-refractivity contribution < 1.29 is 19.4 Å². The number of aromatic carboxylic acids is 1. The van der Waals surface area contributed by atoms with Crippen LogP contribution < -0.4 is 11.1 Å². The zero-order valence-electron chi connectivity index (χ0n) is 11.0. The Kier molecular flexibility index (Phi) is 5.32. The van der Waals surface area contributed by atoms with Gasteiger partial charge in [0.05, 0.1) is 17.4 Å². The molecule has 6 heteroatoms. The SMILES string of the molecule is COC(C)CCC(=O)Nc1ccc(N)cc1C(=O)O. The first-order chi connectivity index (χ1) is 8.93. The molecule has 0 aliphatic rings. The van der Waals surface area contributed by atoms with Crippen molar-refractivity contribution in [2.45, 2.75) is 25.9 Å². The largest absolute Gasteiger partial charge is 0.478 e. The Morgan fingerprint density at radius 2 is 2.16 bits per heavy atom. The second kappa shape index (κ2) is 6.75. The lowest BCUT2D eigenvalue weighted by Crippen LogP contribution is -2.17. The number of ether oxygens (including phenoxy) is 1. The fourth-order valence-corrected chi connectivity index (χ4v) is 1.51. The minimum Gasteiger partial charge on any atom is -0.478 e. The zero-order valence-corrected chi connectivity index (χ0v) is 11.0. The number of rotatable bonds is 6. The van der Waals surface area contributed by atoms with Crippen LogP contribution in [0.5, 0.6) is 0 Å². The van der Waals surface area contributed by atoms with Crippen molar-refractivity contribution in [1.82, 2.24) is 0 Å². The van der Waals surface area contributed by atoms with E-state index in [9.17, 15) is 9.59 Å². The van der Waals surface area contributed by atoms with E-state index in [1.165, 1.54) is 12.1 Å². The van der Waals surface area contributed by atoms with Gasteiger partial charge < -0.3 is 20.9 Å². The standard InChI is InChI=1S/C13H18N2O4/c1-8(19-2)3-6-12(16)15-11-5-4-9(14)7-10(11)13(17)18/h4-5,7-8H,3,6,14H2,1-2H3,(H,15,16)(H,17,18). The van der Waals surface area contributed by atoms with Gasteiger partial charge in [0.25, 0.3) is 0 Å². The normalized spacial score (nSPS) is 11.9. The highest BCUT2D eigenvalue weighted by Crippen LogP contribution is 2.19. The molecule has 19 heavy (non-hydrogen) atoms. The first kappa shape index (κ1) is 15.0. The Balaban J connectivity index is 2.71. The van der Waals surface area contributed by atoms with Gasteiger partial charge in [0.2, 0.25) is 5.91 Å². The fraction of sp³-hybridized carbons (Fsp3) is 0.385. The lowest BCUT2D eigenvalue weighted by molar-refractivity contribution is -0.116. The van der Waals surface area contributed by atoms with E-state index in [1.54, 1.807) is 13.2 Å². The maximum Gasteiger partial charge on any atom is 0.337 e. The lowest BCUT2D eigenvalue weighted by atomic mass is 10.1. The second-order valence-corrected chi connectivity index (χ2v) is 4.24. The molecule has 1 rings (SSSR count). The third-order valence-electron chi connectivity index (χ3n) is 2.73. The van der Waals surface area contributed by atoms with Gasteiger partial charge in [-0.1, -0.05) is 0 Å². The van der Waals surface area contributed by atoms with Crippen LogP contribution in [0.1, 0.15) is 30.1 Å². The van der Waals surface area contributed by atoms with E-state index in [4.69, 9.17) is 15.6 Å². The van der Waals surface area contributed by atoms with Gasteiger partial charge in [0.1, 0.15) is 0 Å². The monoisotopic (exact) mass is 266 g/mol. The van der Waals surface area contributed by atoms with E-state index in [2.05, 4.69) is 5.32 Å². The summed E-state index contributed by atoms with van der Waals surface area (Å²) in [7, 11) is 1.57. The van der Waals surface area contributed by atoms with Crippen molar-refractivity contribution in [3.63, 3.8) is 0 Å². The number of nitrogens with two attached hydrogens (primary N) is 1. The quantitative estimate of drug-likeness (QED) is 0.680. The minimum absolute atomic E-state index is 0.0175. The van der Waals surface area contributed by atoms with Crippen molar-refractivity contribution in [2.24, 2.45) is 0 Å². The number of nitrogens with one attached hydrogen (secondary N) is 1. The highest BCUT2D eigenvalue weighted by Gasteiger charge is 2.13. The van der Waals surface area contributed by atoms with E-state index in [0.29, 0.717) is 12.1 Å². The topological polar surface area (TPSA) is 102 Å². The molecule has 1 amide bonds. The maximum absolute atomic E-state index is 11.7. The number of amides is 1. The number of hydrogen-bond donors (Lipinski definition) is 3. The van der Waals surface area contributed by atoms with Crippen LogP contribution in [0.4, 0.5) is 11.4 Å². The number of hydrogen-bond acceptors (Lipinski definition) is 4. The number of carboxylic acids is 1. The van der Waals surface area contributed by atoms with Crippen molar-refractivity contribution in [3.8, 4) is 0 Å². The van der Waals surface area contributed by atoms with Gasteiger partial charge in [0.15, 0.2) is 0 Å². The lowest BCUT2D eigenvalue weighted by Gasteiger charge is -2.11. The van der Waals surface area contributed by atoms with E-state index < -0.39 is 5.97 Å². The third-order valence-corrected chi connectivity index (χ3v) is 2.73.